The molecule has 0 radical (unpaired) electrons. The number of nitrogens with zero attached hydrogens (tertiary/aromatic N) is 1. The predicted molar refractivity (Wildman–Crippen MR) is 40.0 cm³/mol. The highest BCUT2D eigenvalue weighted by atomic mass is 35.5. The van der Waals surface area contributed by atoms with Gasteiger partial charge in [-0.15, -0.1) is 12.4 Å². The number of nitrogens with two attached hydrogens (primary N) is 1. The van der Waals surface area contributed by atoms with E-state index in [0.29, 0.717) is 0 Å². The molecule has 0 saturated carbocycles. The predicted octanol–water partition coefficient (Wildman–Crippen LogP) is 0.741. The molecule has 0 saturated heterocycles. The summed E-state index contributed by atoms with van der Waals surface area (Å²) in [4.78, 5) is 13.9. The van der Waals surface area contributed by atoms with Gasteiger partial charge in [0, 0.05) is 12.4 Å². The van der Waals surface area contributed by atoms with Gasteiger partial charge < -0.3 is 5.73 Å². The van der Waals surface area contributed by atoms with Crippen LogP contribution < -0.4 is 5.73 Å². The van der Waals surface area contributed by atoms with Gasteiger partial charge in [-0.1, -0.05) is 0 Å². The third-order valence-electron chi connectivity index (χ3n) is 1.03. The Kier molecular flexibility index (Phi) is 3.47. The average molecular weight is 177 g/mol. The van der Waals surface area contributed by atoms with Crippen molar-refractivity contribution in [3.8, 4) is 0 Å². The van der Waals surface area contributed by atoms with Crippen LogP contribution in [0.3, 0.4) is 0 Å². The summed E-state index contributed by atoms with van der Waals surface area (Å²) in [5.41, 5.74) is 4.62. The van der Waals surface area contributed by atoms with Gasteiger partial charge in [-0.3, -0.25) is 9.78 Å². The topological polar surface area (TPSA) is 56.0 Å². The largest absolute Gasteiger partial charge is 0.365 e. The van der Waals surface area contributed by atoms with Crippen LogP contribution in [0.1, 0.15) is 10.4 Å². The Morgan fingerprint density at radius 3 is 2.64 bits per heavy atom. The zero-order chi connectivity index (χ0) is 7.56. The van der Waals surface area contributed by atoms with Crippen molar-refractivity contribution < 1.29 is 9.18 Å². The van der Waals surface area contributed by atoms with E-state index in [1.807, 2.05) is 0 Å². The summed E-state index contributed by atoms with van der Waals surface area (Å²) in [6.07, 6.45) is 2.35. The minimum Gasteiger partial charge on any atom is -0.365 e. The van der Waals surface area contributed by atoms with Gasteiger partial charge >= 0.3 is 0 Å². The maximum atomic E-state index is 12.5. The van der Waals surface area contributed by atoms with E-state index in [1.54, 1.807) is 0 Å². The molecule has 1 heterocycles. The lowest BCUT2D eigenvalue weighted by atomic mass is 10.3. The molecule has 0 aromatic carbocycles. The molecule has 3 nitrogen and oxygen atoms in total. The van der Waals surface area contributed by atoms with Crippen molar-refractivity contribution in [1.82, 2.24) is 4.98 Å². The van der Waals surface area contributed by atoms with E-state index in [9.17, 15) is 9.18 Å². The number of hydrogen-bond acceptors (Lipinski definition) is 2. The number of pyridine rings is 1. The summed E-state index contributed by atoms with van der Waals surface area (Å²) < 4.78 is 12.5. The molecule has 0 fully saturated rings. The van der Waals surface area contributed by atoms with Crippen LogP contribution >= 0.6 is 12.4 Å². The zero-order valence-corrected chi connectivity index (χ0v) is 6.27. The maximum absolute atomic E-state index is 12.5. The van der Waals surface area contributed by atoms with Crippen LogP contribution in [0, 0.1) is 5.82 Å². The van der Waals surface area contributed by atoms with E-state index in [4.69, 9.17) is 5.73 Å². The quantitative estimate of drug-likeness (QED) is 0.686. The Hall–Kier alpha value is -1.16. The van der Waals surface area contributed by atoms with E-state index in [1.165, 1.54) is 6.20 Å². The maximum Gasteiger partial charge on any atom is 0.253 e. The molecule has 0 bridgehead atoms. The third kappa shape index (κ3) is 2.16. The number of primary amides is 1. The van der Waals surface area contributed by atoms with Gasteiger partial charge in [0.25, 0.3) is 5.91 Å². The number of rotatable bonds is 1. The second-order valence-corrected chi connectivity index (χ2v) is 1.72. The van der Waals surface area contributed by atoms with Gasteiger partial charge in [-0.05, 0) is 6.07 Å². The smallest absolute Gasteiger partial charge is 0.253 e. The Labute approximate surface area is 68.8 Å². The van der Waals surface area contributed by atoms with Gasteiger partial charge in [-0.2, -0.15) is 0 Å². The summed E-state index contributed by atoms with van der Waals surface area (Å²) in [5.74, 6) is -1.44. The number of carbonyl (C=O) groups excluding carboxylic acids is 1. The second kappa shape index (κ2) is 3.88. The monoisotopic (exact) mass is 176 g/mol. The van der Waals surface area contributed by atoms with E-state index in [0.717, 1.165) is 12.3 Å². The van der Waals surface area contributed by atoms with Crippen LogP contribution in [0.15, 0.2) is 18.5 Å². The molecule has 11 heavy (non-hydrogen) atoms. The second-order valence-electron chi connectivity index (χ2n) is 1.72. The summed E-state index contributed by atoms with van der Waals surface area (Å²) >= 11 is 0. The van der Waals surface area contributed by atoms with Crippen LogP contribution in [-0.4, -0.2) is 10.9 Å². The lowest BCUT2D eigenvalue weighted by Crippen LogP contribution is -2.13. The highest BCUT2D eigenvalue weighted by Gasteiger charge is 2.05. The molecule has 0 atom stereocenters. The minimum absolute atomic E-state index is 0. The van der Waals surface area contributed by atoms with E-state index in [-0.39, 0.29) is 18.0 Å². The molecule has 1 aromatic heterocycles. The third-order valence-corrected chi connectivity index (χ3v) is 1.03. The van der Waals surface area contributed by atoms with Crippen molar-refractivity contribution in [2.75, 3.05) is 0 Å². The van der Waals surface area contributed by atoms with Crippen LogP contribution in [-0.2, 0) is 0 Å². The van der Waals surface area contributed by atoms with Crippen molar-refractivity contribution in [2.45, 2.75) is 0 Å². The highest BCUT2D eigenvalue weighted by Crippen LogP contribution is 2.01. The van der Waals surface area contributed by atoms with Crippen molar-refractivity contribution in [3.05, 3.63) is 29.8 Å². The molecule has 5 heteroatoms. The summed E-state index contributed by atoms with van der Waals surface area (Å²) in [6.45, 7) is 0. The Morgan fingerprint density at radius 1 is 1.64 bits per heavy atom. The number of aromatic nitrogens is 1. The molecule has 1 amide bonds. The van der Waals surface area contributed by atoms with E-state index in [2.05, 4.69) is 4.98 Å². The molecule has 0 aliphatic heterocycles. The SMILES string of the molecule is Cl.NC(=O)c1cnccc1F. The first-order valence-electron chi connectivity index (χ1n) is 2.61. The molecule has 60 valence electrons. The number of hydrogen-bond donors (Lipinski definition) is 1. The van der Waals surface area contributed by atoms with Crippen LogP contribution in [0.2, 0.25) is 0 Å². The van der Waals surface area contributed by atoms with Gasteiger partial charge in [0.05, 0.1) is 5.56 Å². The highest BCUT2D eigenvalue weighted by molar-refractivity contribution is 5.92. The molecular formula is C6H6ClFN2O. The Bertz CT molecular complexity index is 267. The van der Waals surface area contributed by atoms with Crippen molar-refractivity contribution >= 4 is 18.3 Å². The summed E-state index contributed by atoms with van der Waals surface area (Å²) in [5, 5.41) is 0. The normalized spacial score (nSPS) is 8.45. The van der Waals surface area contributed by atoms with E-state index < -0.39 is 11.7 Å². The van der Waals surface area contributed by atoms with Gasteiger partial charge in [0.2, 0.25) is 0 Å². The lowest BCUT2D eigenvalue weighted by Gasteiger charge is -1.93. The Balaban J connectivity index is 0.000001000. The average Bonchev–Trinajstić information content (AvgIpc) is 1.88. The zero-order valence-electron chi connectivity index (χ0n) is 5.45. The number of halogens is 2. The van der Waals surface area contributed by atoms with Crippen molar-refractivity contribution in [1.29, 1.82) is 0 Å². The van der Waals surface area contributed by atoms with Crippen molar-refractivity contribution in [3.63, 3.8) is 0 Å². The first kappa shape index (κ1) is 9.84. The summed E-state index contributed by atoms with van der Waals surface area (Å²) in [6, 6.07) is 1.08. The minimum atomic E-state index is -0.800. The number of carbonyl (C=O) groups is 1. The summed E-state index contributed by atoms with van der Waals surface area (Å²) in [7, 11) is 0. The fourth-order valence-corrected chi connectivity index (χ4v) is 0.559. The first-order valence-corrected chi connectivity index (χ1v) is 2.61. The molecule has 0 aliphatic rings. The molecule has 1 aromatic rings. The molecule has 0 unspecified atom stereocenters. The van der Waals surface area contributed by atoms with Crippen LogP contribution in [0.4, 0.5) is 4.39 Å². The van der Waals surface area contributed by atoms with Crippen LogP contribution in [0.5, 0.6) is 0 Å². The molecule has 0 aliphatic carbocycles. The molecule has 1 rings (SSSR count). The van der Waals surface area contributed by atoms with Crippen molar-refractivity contribution in [2.24, 2.45) is 5.73 Å². The lowest BCUT2D eigenvalue weighted by molar-refractivity contribution is 0.0996. The molecule has 2 N–H and O–H groups in total. The fraction of sp³-hybridized carbons (Fsp3) is 0. The van der Waals surface area contributed by atoms with Gasteiger partial charge in [-0.25, -0.2) is 4.39 Å². The number of amides is 1. The van der Waals surface area contributed by atoms with Gasteiger partial charge in [0.15, 0.2) is 0 Å². The first-order chi connectivity index (χ1) is 4.72. The van der Waals surface area contributed by atoms with Gasteiger partial charge in [0.1, 0.15) is 5.82 Å². The fourth-order valence-electron chi connectivity index (χ4n) is 0.559. The molecule has 0 spiro atoms. The standard InChI is InChI=1S/C6H5FN2O.ClH/c7-5-1-2-9-3-4(5)6(8)10;/h1-3H,(H2,8,10);1H. The Morgan fingerprint density at radius 2 is 2.27 bits per heavy atom. The van der Waals surface area contributed by atoms with E-state index >= 15 is 0 Å². The van der Waals surface area contributed by atoms with Crippen LogP contribution in [0.25, 0.3) is 0 Å². The molecular weight excluding hydrogens is 171 g/mol.